The van der Waals surface area contributed by atoms with Gasteiger partial charge in [0.25, 0.3) is 0 Å². The summed E-state index contributed by atoms with van der Waals surface area (Å²) in [6.45, 7) is 1.22. The first-order valence-corrected chi connectivity index (χ1v) is 5.83. The van der Waals surface area contributed by atoms with Gasteiger partial charge in [0, 0.05) is 13.2 Å². The summed E-state index contributed by atoms with van der Waals surface area (Å²) < 4.78 is 25.4. The number of hydrogen-bond acceptors (Lipinski definition) is 6. The maximum atomic E-state index is 11.6. The number of rotatable bonds is 7. The molecule has 2 rings (SSSR count). The van der Waals surface area contributed by atoms with Crippen LogP contribution in [0, 0.1) is 0 Å². The summed E-state index contributed by atoms with van der Waals surface area (Å²) in [6, 6.07) is 4.89. The van der Waals surface area contributed by atoms with Crippen LogP contribution in [0.15, 0.2) is 18.2 Å². The summed E-state index contributed by atoms with van der Waals surface area (Å²) in [4.78, 5) is 11.6. The van der Waals surface area contributed by atoms with Crippen LogP contribution in [0.1, 0.15) is 10.4 Å². The van der Waals surface area contributed by atoms with Gasteiger partial charge in [-0.05, 0) is 12.1 Å². The fourth-order valence-electron chi connectivity index (χ4n) is 1.46. The molecule has 6 nitrogen and oxygen atoms in total. The van der Waals surface area contributed by atoms with E-state index >= 15 is 0 Å². The van der Waals surface area contributed by atoms with Gasteiger partial charge in [0.1, 0.15) is 29.8 Å². The van der Waals surface area contributed by atoms with E-state index in [1.54, 1.807) is 18.2 Å². The molecule has 1 aliphatic rings. The normalized spacial score (nSPS) is 16.8. The molecule has 1 unspecified atom stereocenters. The first-order chi connectivity index (χ1) is 9.24. The highest BCUT2D eigenvalue weighted by atomic mass is 16.7. The second-order valence-corrected chi connectivity index (χ2v) is 3.97. The topological polar surface area (TPSA) is 66.5 Å². The number of ether oxygens (including phenoxy) is 5. The van der Waals surface area contributed by atoms with Crippen LogP contribution in [0.4, 0.5) is 0 Å². The van der Waals surface area contributed by atoms with Crippen molar-refractivity contribution in [3.63, 3.8) is 0 Å². The van der Waals surface area contributed by atoms with Crippen molar-refractivity contribution in [1.82, 2.24) is 0 Å². The predicted octanol–water partition coefficient (Wildman–Crippen LogP) is 1.23. The van der Waals surface area contributed by atoms with E-state index in [2.05, 4.69) is 0 Å². The van der Waals surface area contributed by atoms with Crippen molar-refractivity contribution in [2.24, 2.45) is 0 Å². The Balaban J connectivity index is 2.13. The fourth-order valence-corrected chi connectivity index (χ4v) is 1.46. The van der Waals surface area contributed by atoms with Gasteiger partial charge in [0.15, 0.2) is 6.79 Å². The third kappa shape index (κ3) is 3.84. The van der Waals surface area contributed by atoms with Gasteiger partial charge in [0.2, 0.25) is 0 Å². The van der Waals surface area contributed by atoms with Crippen LogP contribution in [0.25, 0.3) is 0 Å². The highest BCUT2D eigenvalue weighted by molar-refractivity contribution is 5.92. The molecular formula is C13H16O6. The van der Waals surface area contributed by atoms with E-state index in [0.717, 1.165) is 0 Å². The molecule has 1 saturated heterocycles. The molecule has 104 valence electrons. The van der Waals surface area contributed by atoms with Gasteiger partial charge in [-0.2, -0.15) is 0 Å². The van der Waals surface area contributed by atoms with E-state index in [-0.39, 0.29) is 12.9 Å². The molecule has 1 heterocycles. The van der Waals surface area contributed by atoms with Crippen molar-refractivity contribution in [2.45, 2.75) is 6.10 Å². The van der Waals surface area contributed by atoms with E-state index < -0.39 is 5.97 Å². The maximum Gasteiger partial charge on any atom is 0.341 e. The molecule has 0 saturated carbocycles. The zero-order valence-corrected chi connectivity index (χ0v) is 10.9. The lowest BCUT2D eigenvalue weighted by Crippen LogP contribution is -2.10. The molecular weight excluding hydrogens is 252 g/mol. The van der Waals surface area contributed by atoms with Crippen molar-refractivity contribution < 1.29 is 28.5 Å². The third-order valence-corrected chi connectivity index (χ3v) is 2.53. The minimum absolute atomic E-state index is 0.106. The first-order valence-electron chi connectivity index (χ1n) is 5.83. The van der Waals surface area contributed by atoms with Gasteiger partial charge in [-0.1, -0.05) is 0 Å². The average Bonchev–Trinajstić information content (AvgIpc) is 3.26. The van der Waals surface area contributed by atoms with Crippen LogP contribution in [0.3, 0.4) is 0 Å². The monoisotopic (exact) mass is 268 g/mol. The number of carbonyl (C=O) groups is 1. The van der Waals surface area contributed by atoms with Crippen molar-refractivity contribution in [1.29, 1.82) is 0 Å². The summed E-state index contributed by atoms with van der Waals surface area (Å²) in [5.41, 5.74) is 0.355. The zero-order chi connectivity index (χ0) is 13.7. The van der Waals surface area contributed by atoms with Gasteiger partial charge < -0.3 is 23.7 Å². The molecule has 0 aromatic heterocycles. The summed E-state index contributed by atoms with van der Waals surface area (Å²) >= 11 is 0. The summed E-state index contributed by atoms with van der Waals surface area (Å²) in [6.07, 6.45) is 0.106. The second-order valence-electron chi connectivity index (χ2n) is 3.97. The van der Waals surface area contributed by atoms with Gasteiger partial charge >= 0.3 is 5.97 Å². The molecule has 0 radical (unpaired) electrons. The molecule has 1 aromatic carbocycles. The minimum Gasteiger partial charge on any atom is -0.490 e. The molecule has 1 aromatic rings. The Bertz CT molecular complexity index is 441. The van der Waals surface area contributed by atoms with Crippen molar-refractivity contribution in [3.05, 3.63) is 23.8 Å². The Morgan fingerprint density at radius 1 is 1.37 bits per heavy atom. The maximum absolute atomic E-state index is 11.6. The lowest BCUT2D eigenvalue weighted by molar-refractivity contribution is 0.0508. The first kappa shape index (κ1) is 13.6. The average molecular weight is 268 g/mol. The van der Waals surface area contributed by atoms with E-state index in [0.29, 0.717) is 30.3 Å². The number of benzene rings is 1. The Labute approximate surface area is 111 Å². The molecule has 1 aliphatic heterocycles. The smallest absolute Gasteiger partial charge is 0.341 e. The summed E-state index contributed by atoms with van der Waals surface area (Å²) in [7, 11) is 2.86. The molecule has 0 amide bonds. The lowest BCUT2D eigenvalue weighted by atomic mass is 10.2. The Morgan fingerprint density at radius 3 is 2.79 bits per heavy atom. The highest BCUT2D eigenvalue weighted by Gasteiger charge is 2.24. The van der Waals surface area contributed by atoms with Gasteiger partial charge in [-0.15, -0.1) is 0 Å². The molecule has 0 bridgehead atoms. The van der Waals surface area contributed by atoms with E-state index in [1.807, 2.05) is 0 Å². The van der Waals surface area contributed by atoms with Crippen LogP contribution in [0.2, 0.25) is 0 Å². The van der Waals surface area contributed by atoms with Crippen molar-refractivity contribution in [2.75, 3.05) is 34.2 Å². The standard InChI is InChI=1S/C13H16O6/c1-15-8-19-9-3-4-11(13(14)16-2)12(5-9)18-7-10-6-17-10/h3-5,10H,6-8H2,1-2H3. The molecule has 0 aliphatic carbocycles. The van der Waals surface area contributed by atoms with Crippen LogP contribution >= 0.6 is 0 Å². The Morgan fingerprint density at radius 2 is 2.16 bits per heavy atom. The van der Waals surface area contributed by atoms with E-state index in [4.69, 9.17) is 23.7 Å². The molecule has 6 heteroatoms. The SMILES string of the molecule is COCOc1ccc(C(=O)OC)c(OCC2CO2)c1. The summed E-state index contributed by atoms with van der Waals surface area (Å²) in [5.74, 6) is 0.516. The van der Waals surface area contributed by atoms with Crippen LogP contribution in [-0.4, -0.2) is 46.3 Å². The van der Waals surface area contributed by atoms with E-state index in [9.17, 15) is 4.79 Å². The molecule has 0 spiro atoms. The fraction of sp³-hybridized carbons (Fsp3) is 0.462. The predicted molar refractivity (Wildman–Crippen MR) is 65.5 cm³/mol. The van der Waals surface area contributed by atoms with Crippen LogP contribution < -0.4 is 9.47 Å². The number of esters is 1. The van der Waals surface area contributed by atoms with E-state index in [1.165, 1.54) is 14.2 Å². The van der Waals surface area contributed by atoms with Crippen LogP contribution in [0.5, 0.6) is 11.5 Å². The van der Waals surface area contributed by atoms with Crippen molar-refractivity contribution in [3.8, 4) is 11.5 Å². The largest absolute Gasteiger partial charge is 0.490 e. The highest BCUT2D eigenvalue weighted by Crippen LogP contribution is 2.26. The Hall–Kier alpha value is -1.79. The quantitative estimate of drug-likeness (QED) is 0.421. The number of methoxy groups -OCH3 is 2. The molecule has 1 atom stereocenters. The van der Waals surface area contributed by atoms with Gasteiger partial charge in [-0.25, -0.2) is 4.79 Å². The third-order valence-electron chi connectivity index (χ3n) is 2.53. The number of hydrogen-bond donors (Lipinski definition) is 0. The Kier molecular flexibility index (Phi) is 4.59. The summed E-state index contributed by atoms with van der Waals surface area (Å²) in [5, 5.41) is 0. The minimum atomic E-state index is -0.454. The van der Waals surface area contributed by atoms with Gasteiger partial charge in [0.05, 0.1) is 13.7 Å². The molecule has 0 N–H and O–H groups in total. The van der Waals surface area contributed by atoms with Crippen LogP contribution in [-0.2, 0) is 14.2 Å². The lowest BCUT2D eigenvalue weighted by Gasteiger charge is -2.12. The number of epoxide rings is 1. The van der Waals surface area contributed by atoms with Crippen molar-refractivity contribution >= 4 is 5.97 Å². The number of carbonyl (C=O) groups excluding carboxylic acids is 1. The molecule has 19 heavy (non-hydrogen) atoms. The second kappa shape index (κ2) is 6.40. The van der Waals surface area contributed by atoms with Gasteiger partial charge in [-0.3, -0.25) is 0 Å². The molecule has 1 fully saturated rings. The zero-order valence-electron chi connectivity index (χ0n) is 10.9.